The van der Waals surface area contributed by atoms with Crippen molar-refractivity contribution in [2.75, 3.05) is 0 Å². The molecule has 0 fully saturated rings. The van der Waals surface area contributed by atoms with E-state index >= 15 is 0 Å². The number of aryl methyl sites for hydroxylation is 2. The molecule has 0 spiro atoms. The zero-order valence-corrected chi connectivity index (χ0v) is 32.7. The molecular formula is C36H58CaO8S2. The van der Waals surface area contributed by atoms with Crippen molar-refractivity contribution in [3.05, 3.63) is 47.5 Å². The molecule has 0 aliphatic carbocycles. The number of phenols is 1. The molecule has 11 heteroatoms. The first-order chi connectivity index (χ1) is 21.9. The van der Waals surface area contributed by atoms with Crippen LogP contribution >= 0.6 is 0 Å². The van der Waals surface area contributed by atoms with Gasteiger partial charge in [-0.2, -0.15) is 8.42 Å². The van der Waals surface area contributed by atoms with Gasteiger partial charge in [0.2, 0.25) is 0 Å². The summed E-state index contributed by atoms with van der Waals surface area (Å²) in [7, 11) is -8.69. The van der Waals surface area contributed by atoms with E-state index in [9.17, 15) is 31.6 Å². The summed E-state index contributed by atoms with van der Waals surface area (Å²) >= 11 is 0. The molecule has 0 bridgehead atoms. The third kappa shape index (κ3) is 22.5. The Kier molecular flexibility index (Phi) is 26.4. The largest absolute Gasteiger partial charge is 2.00 e. The van der Waals surface area contributed by atoms with Crippen LogP contribution in [0.15, 0.2) is 46.2 Å². The minimum Gasteiger partial charge on any atom is -0.872 e. The summed E-state index contributed by atoms with van der Waals surface area (Å²) in [6, 6.07) is 7.40. The summed E-state index contributed by atoms with van der Waals surface area (Å²) in [4.78, 5) is -0.462. The zero-order valence-electron chi connectivity index (χ0n) is 28.9. The molecule has 0 aliphatic rings. The van der Waals surface area contributed by atoms with Gasteiger partial charge in [0, 0.05) is 0 Å². The SMILES string of the molecule is CCCCCCCCCCCCc1cc(S(=O)(=O)O)ccc1O.CCCCCCCCCCCCc1cc(S(=O)(=O)[O-])ccc1[O-].[Ca+2]. The zero-order chi connectivity index (χ0) is 34.3. The van der Waals surface area contributed by atoms with E-state index < -0.39 is 20.2 Å². The van der Waals surface area contributed by atoms with Crippen molar-refractivity contribution in [1.82, 2.24) is 0 Å². The second-order valence-electron chi connectivity index (χ2n) is 12.4. The molecule has 0 atom stereocenters. The van der Waals surface area contributed by atoms with Gasteiger partial charge in [0.25, 0.3) is 10.1 Å². The average molecular weight is 723 g/mol. The quantitative estimate of drug-likeness (QED) is 0.0619. The van der Waals surface area contributed by atoms with Crippen LogP contribution in [0.5, 0.6) is 11.5 Å². The predicted octanol–water partition coefficient (Wildman–Crippen LogP) is 8.85. The predicted molar refractivity (Wildman–Crippen MR) is 189 cm³/mol. The number of benzene rings is 2. The van der Waals surface area contributed by atoms with E-state index in [1.807, 2.05) is 0 Å². The van der Waals surface area contributed by atoms with Crippen LogP contribution in [0.1, 0.15) is 153 Å². The second-order valence-corrected chi connectivity index (χ2v) is 15.2. The Morgan fingerprint density at radius 2 is 0.915 bits per heavy atom. The number of hydrogen-bond acceptors (Lipinski definition) is 7. The fourth-order valence-corrected chi connectivity index (χ4v) is 6.49. The van der Waals surface area contributed by atoms with E-state index in [-0.39, 0.29) is 59.0 Å². The molecule has 0 amide bonds. The molecule has 0 aliphatic heterocycles. The van der Waals surface area contributed by atoms with Gasteiger partial charge in [-0.25, -0.2) is 8.42 Å². The normalized spacial score (nSPS) is 11.5. The van der Waals surface area contributed by atoms with Gasteiger partial charge in [-0.3, -0.25) is 4.55 Å². The molecule has 47 heavy (non-hydrogen) atoms. The minimum absolute atomic E-state index is 0. The summed E-state index contributed by atoms with van der Waals surface area (Å²) in [6.07, 6.45) is 25.5. The van der Waals surface area contributed by atoms with Crippen molar-refractivity contribution in [2.24, 2.45) is 0 Å². The topological polar surface area (TPSA) is 155 Å². The first kappa shape index (κ1) is 46.1. The molecule has 0 heterocycles. The van der Waals surface area contributed by atoms with Crippen molar-refractivity contribution < 1.29 is 36.2 Å². The van der Waals surface area contributed by atoms with E-state index in [2.05, 4.69) is 13.8 Å². The van der Waals surface area contributed by atoms with Gasteiger partial charge in [-0.05, 0) is 61.6 Å². The first-order valence-corrected chi connectivity index (χ1v) is 20.3. The Balaban J connectivity index is 0.000000882. The van der Waals surface area contributed by atoms with Crippen LogP contribution in [0.2, 0.25) is 0 Å². The first-order valence-electron chi connectivity index (χ1n) is 17.4. The number of aromatic hydroxyl groups is 1. The molecule has 0 saturated carbocycles. The maximum absolute atomic E-state index is 11.7. The molecule has 2 aromatic carbocycles. The standard InChI is InChI=1S/2C18H30O4S.Ca/c2*1-2-3-4-5-6-7-8-9-10-11-12-16-15-17(23(20,21)22)13-14-18(16)19;/h2*13-15,19H,2-12H2,1H3,(H,20,21,22);/q;;+2/p-2. The number of rotatable bonds is 24. The van der Waals surface area contributed by atoms with Crippen LogP contribution in [-0.4, -0.2) is 68.8 Å². The van der Waals surface area contributed by atoms with Gasteiger partial charge in [0.15, 0.2) is 0 Å². The van der Waals surface area contributed by atoms with E-state index in [1.165, 1.54) is 127 Å². The molecule has 0 radical (unpaired) electrons. The van der Waals surface area contributed by atoms with Crippen LogP contribution in [0.25, 0.3) is 0 Å². The van der Waals surface area contributed by atoms with Gasteiger partial charge in [0.1, 0.15) is 15.9 Å². The molecule has 0 unspecified atom stereocenters. The number of unbranched alkanes of at least 4 members (excludes halogenated alkanes) is 18. The van der Waals surface area contributed by atoms with Gasteiger partial charge >= 0.3 is 37.7 Å². The average Bonchev–Trinajstić information content (AvgIpc) is 3.00. The smallest absolute Gasteiger partial charge is 0.872 e. The van der Waals surface area contributed by atoms with E-state index in [4.69, 9.17) is 4.55 Å². The molecular weight excluding hydrogens is 665 g/mol. The number of hydrogen-bond donors (Lipinski definition) is 2. The van der Waals surface area contributed by atoms with Crippen LogP contribution in [0.4, 0.5) is 0 Å². The van der Waals surface area contributed by atoms with Crippen LogP contribution < -0.4 is 5.11 Å². The van der Waals surface area contributed by atoms with Crippen molar-refractivity contribution in [2.45, 2.75) is 165 Å². The molecule has 264 valence electrons. The third-order valence-corrected chi connectivity index (χ3v) is 9.95. The minimum atomic E-state index is -4.48. The summed E-state index contributed by atoms with van der Waals surface area (Å²) < 4.78 is 64.2. The molecule has 0 saturated heterocycles. The molecule has 0 aromatic heterocycles. The van der Waals surface area contributed by atoms with E-state index in [1.54, 1.807) is 0 Å². The Morgan fingerprint density at radius 1 is 0.553 bits per heavy atom. The third-order valence-electron chi connectivity index (χ3n) is 8.27. The second kappa shape index (κ2) is 26.9. The number of phenolic OH excluding ortho intramolecular Hbond substituents is 1. The van der Waals surface area contributed by atoms with Crippen LogP contribution in [0, 0.1) is 0 Å². The van der Waals surface area contributed by atoms with E-state index in [0.29, 0.717) is 24.0 Å². The Bertz CT molecular complexity index is 1210. The molecule has 2 rings (SSSR count). The fraction of sp³-hybridized carbons (Fsp3) is 0.667. The molecule has 2 N–H and O–H groups in total. The Labute approximate surface area is 315 Å². The maximum atomic E-state index is 11.7. The van der Waals surface area contributed by atoms with Crippen molar-refractivity contribution in [1.29, 1.82) is 0 Å². The van der Waals surface area contributed by atoms with Crippen molar-refractivity contribution in [3.63, 3.8) is 0 Å². The van der Waals surface area contributed by atoms with Crippen molar-refractivity contribution in [3.8, 4) is 11.5 Å². The maximum Gasteiger partial charge on any atom is 2.00 e. The van der Waals surface area contributed by atoms with E-state index in [0.717, 1.165) is 38.2 Å². The summed E-state index contributed by atoms with van der Waals surface area (Å²) in [5, 5.41) is 21.5. The summed E-state index contributed by atoms with van der Waals surface area (Å²) in [5.41, 5.74) is 1.01. The summed E-state index contributed by atoms with van der Waals surface area (Å²) in [6.45, 7) is 4.44. The van der Waals surface area contributed by atoms with Gasteiger partial charge < -0.3 is 14.8 Å². The molecule has 8 nitrogen and oxygen atoms in total. The van der Waals surface area contributed by atoms with Gasteiger partial charge in [0.05, 0.1) is 9.79 Å². The molecule has 2 aromatic rings. The van der Waals surface area contributed by atoms with Gasteiger partial charge in [-0.1, -0.05) is 141 Å². The summed E-state index contributed by atoms with van der Waals surface area (Å²) in [5.74, 6) is -0.0957. The monoisotopic (exact) mass is 722 g/mol. The Hall–Kier alpha value is -0.880. The van der Waals surface area contributed by atoms with Crippen LogP contribution in [-0.2, 0) is 33.1 Å². The van der Waals surface area contributed by atoms with Gasteiger partial charge in [-0.15, -0.1) is 5.75 Å². The van der Waals surface area contributed by atoms with Crippen molar-refractivity contribution >= 4 is 58.0 Å². The van der Waals surface area contributed by atoms with Crippen LogP contribution in [0.3, 0.4) is 0 Å². The Morgan fingerprint density at radius 3 is 1.32 bits per heavy atom. The fourth-order valence-electron chi connectivity index (χ4n) is 5.44.